The number of aromatic nitrogens is 2. The van der Waals surface area contributed by atoms with Crippen molar-refractivity contribution >= 4 is 80.7 Å². The third-order valence-corrected chi connectivity index (χ3v) is 15.7. The Kier molecular flexibility index (Phi) is 6.61. The summed E-state index contributed by atoms with van der Waals surface area (Å²) in [4.78, 5) is 10.9. The first-order valence-electron chi connectivity index (χ1n) is 21.8. The lowest BCUT2D eigenvalue weighted by Crippen LogP contribution is -2.33. The molecule has 9 aromatic carbocycles. The lowest BCUT2D eigenvalue weighted by atomic mass is 9.64. The molecular weight excluding hydrogens is 785 g/mol. The molecular formula is C59H34N2OS. The Bertz CT molecular complexity index is 3950. The largest absolute Gasteiger partial charge is 0.456 e. The lowest BCUT2D eigenvalue weighted by Gasteiger charge is -2.37. The summed E-state index contributed by atoms with van der Waals surface area (Å²) in [5, 5.41) is 8.59. The van der Waals surface area contributed by atoms with Gasteiger partial charge in [0.05, 0.1) is 21.3 Å². The van der Waals surface area contributed by atoms with Crippen molar-refractivity contribution in [2.24, 2.45) is 5.92 Å². The van der Waals surface area contributed by atoms with Gasteiger partial charge in [-0.25, -0.2) is 9.97 Å². The Labute approximate surface area is 366 Å². The van der Waals surface area contributed by atoms with E-state index in [2.05, 4.69) is 194 Å². The summed E-state index contributed by atoms with van der Waals surface area (Å²) in [7, 11) is 0. The standard InChI is InChI=1S/C59H34N2OS/c1-2-13-33(14-3-1)55-57-56(43-17-6-9-26-51(43)63-57)61-58(60-55)35-28-30-42-48(32-35)59(45-21-7-4-15-38(45)39-16-5-8-22-46(39)59)47-23-10-18-36(52(42)47)34-27-29-37-40-19-11-24-49-53(40)54-41(44(37)31-34)20-12-25-50(54)62-49/h1-32,47,52H. The fourth-order valence-electron chi connectivity index (χ4n) is 12.1. The number of fused-ring (bicyclic) bond motifs is 16. The van der Waals surface area contributed by atoms with Crippen LogP contribution in [0.25, 0.3) is 103 Å². The second-order valence-electron chi connectivity index (χ2n) is 17.5. The van der Waals surface area contributed by atoms with Crippen LogP contribution in [0.5, 0.6) is 0 Å². The van der Waals surface area contributed by atoms with E-state index in [1.165, 1.54) is 86.9 Å². The molecule has 0 radical (unpaired) electrons. The van der Waals surface area contributed by atoms with Crippen LogP contribution in [0.3, 0.4) is 0 Å². The predicted octanol–water partition coefficient (Wildman–Crippen LogP) is 15.5. The zero-order valence-electron chi connectivity index (χ0n) is 33.8. The summed E-state index contributed by atoms with van der Waals surface area (Å²) in [6.45, 7) is 0. The highest BCUT2D eigenvalue weighted by Crippen LogP contribution is 2.67. The molecule has 0 saturated carbocycles. The minimum atomic E-state index is -0.429. The molecule has 2 atom stereocenters. The van der Waals surface area contributed by atoms with Crippen molar-refractivity contribution in [3.8, 4) is 33.8 Å². The highest BCUT2D eigenvalue weighted by molar-refractivity contribution is 7.26. The number of allylic oxidation sites excluding steroid dienone is 4. The molecule has 0 N–H and O–H groups in total. The van der Waals surface area contributed by atoms with E-state index >= 15 is 0 Å². The van der Waals surface area contributed by atoms with Gasteiger partial charge in [-0.3, -0.25) is 0 Å². The van der Waals surface area contributed by atoms with Crippen LogP contribution in [0.1, 0.15) is 33.7 Å². The van der Waals surface area contributed by atoms with Gasteiger partial charge in [-0.2, -0.15) is 0 Å². The van der Waals surface area contributed by atoms with Gasteiger partial charge in [0.15, 0.2) is 5.82 Å². The summed E-state index contributed by atoms with van der Waals surface area (Å²) in [5.41, 5.74) is 16.2. The highest BCUT2D eigenvalue weighted by Gasteiger charge is 2.58. The fraction of sp³-hybridized carbons (Fsp3) is 0.0508. The van der Waals surface area contributed by atoms with Crippen molar-refractivity contribution in [2.75, 3.05) is 0 Å². The van der Waals surface area contributed by atoms with Gasteiger partial charge in [0, 0.05) is 43.8 Å². The zero-order chi connectivity index (χ0) is 41.0. The summed E-state index contributed by atoms with van der Waals surface area (Å²) in [5.74, 6) is 0.985. The van der Waals surface area contributed by atoms with Crippen molar-refractivity contribution in [3.05, 3.63) is 222 Å². The number of nitrogens with zero attached hydrogens (tertiary/aromatic N) is 2. The molecule has 63 heavy (non-hydrogen) atoms. The number of hydrogen-bond acceptors (Lipinski definition) is 4. The van der Waals surface area contributed by atoms with E-state index in [4.69, 9.17) is 14.4 Å². The van der Waals surface area contributed by atoms with E-state index in [1.807, 2.05) is 0 Å². The Morgan fingerprint density at radius 2 is 1.19 bits per heavy atom. The Hall–Kier alpha value is -7.66. The van der Waals surface area contributed by atoms with Crippen molar-refractivity contribution in [1.82, 2.24) is 9.97 Å². The normalized spacial score (nSPS) is 17.0. The smallest absolute Gasteiger partial charge is 0.160 e. The fourth-order valence-corrected chi connectivity index (χ4v) is 13.3. The summed E-state index contributed by atoms with van der Waals surface area (Å²) >= 11 is 1.78. The average Bonchev–Trinajstić information content (AvgIpc) is 4.09. The van der Waals surface area contributed by atoms with Crippen molar-refractivity contribution in [1.29, 1.82) is 0 Å². The van der Waals surface area contributed by atoms with Gasteiger partial charge in [0.25, 0.3) is 0 Å². The minimum Gasteiger partial charge on any atom is -0.456 e. The molecule has 2 unspecified atom stereocenters. The van der Waals surface area contributed by atoms with Gasteiger partial charge in [0.2, 0.25) is 0 Å². The summed E-state index contributed by atoms with van der Waals surface area (Å²) < 4.78 is 8.76. The van der Waals surface area contributed by atoms with Crippen LogP contribution in [0.2, 0.25) is 0 Å². The van der Waals surface area contributed by atoms with Crippen molar-refractivity contribution in [2.45, 2.75) is 11.3 Å². The molecule has 292 valence electrons. The Balaban J connectivity index is 0.986. The number of rotatable bonds is 3. The predicted molar refractivity (Wildman–Crippen MR) is 261 cm³/mol. The number of thiophene rings is 1. The molecule has 3 aliphatic rings. The molecule has 0 bridgehead atoms. The van der Waals surface area contributed by atoms with Gasteiger partial charge in [-0.05, 0) is 96.4 Å². The number of hydrogen-bond donors (Lipinski definition) is 0. The minimum absolute atomic E-state index is 0.104. The third kappa shape index (κ3) is 4.33. The number of benzene rings is 9. The van der Waals surface area contributed by atoms with Gasteiger partial charge < -0.3 is 4.42 Å². The second-order valence-corrected chi connectivity index (χ2v) is 18.5. The van der Waals surface area contributed by atoms with E-state index in [0.717, 1.165) is 44.0 Å². The zero-order valence-corrected chi connectivity index (χ0v) is 34.7. The summed E-state index contributed by atoms with van der Waals surface area (Å²) in [6.07, 6.45) is 7.21. The number of furan rings is 1. The molecule has 0 saturated heterocycles. The van der Waals surface area contributed by atoms with Crippen LogP contribution in [-0.2, 0) is 5.41 Å². The van der Waals surface area contributed by atoms with E-state index in [1.54, 1.807) is 11.3 Å². The molecule has 3 nitrogen and oxygen atoms in total. The van der Waals surface area contributed by atoms with Crippen LogP contribution < -0.4 is 0 Å². The molecule has 15 rings (SSSR count). The first kappa shape index (κ1) is 34.0. The van der Waals surface area contributed by atoms with Gasteiger partial charge in [-0.15, -0.1) is 11.3 Å². The topological polar surface area (TPSA) is 38.9 Å². The van der Waals surface area contributed by atoms with E-state index in [-0.39, 0.29) is 11.8 Å². The van der Waals surface area contributed by atoms with Crippen molar-refractivity contribution < 1.29 is 4.42 Å². The quantitative estimate of drug-likeness (QED) is 0.167. The van der Waals surface area contributed by atoms with Gasteiger partial charge in [0.1, 0.15) is 11.2 Å². The SMILES string of the molecule is C1=CC2C(C(c3ccc4c(c3)c3cccc5oc6cccc4c6c53)=C1)c1ccc(-c3nc(-c4ccccc4)c4sc5ccccc5c4n3)cc1C21c2ccccc2-c2ccccc21. The molecule has 0 amide bonds. The maximum Gasteiger partial charge on any atom is 0.160 e. The molecule has 0 fully saturated rings. The molecule has 3 aromatic heterocycles. The van der Waals surface area contributed by atoms with Crippen LogP contribution in [0.15, 0.2) is 199 Å². The average molecular weight is 819 g/mol. The van der Waals surface area contributed by atoms with Crippen LogP contribution >= 0.6 is 11.3 Å². The van der Waals surface area contributed by atoms with Crippen LogP contribution in [-0.4, -0.2) is 9.97 Å². The van der Waals surface area contributed by atoms with E-state index in [0.29, 0.717) is 0 Å². The second kappa shape index (κ2) is 12.3. The van der Waals surface area contributed by atoms with Gasteiger partial charge >= 0.3 is 0 Å². The molecule has 12 aromatic rings. The molecule has 3 aliphatic carbocycles. The van der Waals surface area contributed by atoms with E-state index < -0.39 is 5.41 Å². The molecule has 0 aliphatic heterocycles. The first-order chi connectivity index (χ1) is 31.2. The van der Waals surface area contributed by atoms with Crippen LogP contribution in [0, 0.1) is 5.92 Å². The Morgan fingerprint density at radius 3 is 1.98 bits per heavy atom. The first-order valence-corrected chi connectivity index (χ1v) is 22.6. The maximum absolute atomic E-state index is 6.42. The van der Waals surface area contributed by atoms with E-state index in [9.17, 15) is 0 Å². The van der Waals surface area contributed by atoms with Crippen LogP contribution in [0.4, 0.5) is 0 Å². The molecule has 3 heterocycles. The third-order valence-electron chi connectivity index (χ3n) is 14.6. The molecule has 1 spiro atoms. The van der Waals surface area contributed by atoms with Crippen molar-refractivity contribution in [3.63, 3.8) is 0 Å². The lowest BCUT2D eigenvalue weighted by molar-refractivity contribution is 0.472. The monoisotopic (exact) mass is 818 g/mol. The highest BCUT2D eigenvalue weighted by atomic mass is 32.1. The maximum atomic E-state index is 6.42. The Morgan fingerprint density at radius 1 is 0.508 bits per heavy atom. The summed E-state index contributed by atoms with van der Waals surface area (Å²) in [6, 6.07) is 64.8. The van der Waals surface area contributed by atoms with Gasteiger partial charge in [-0.1, -0.05) is 164 Å². The molecule has 4 heteroatoms.